The fraction of sp³-hybridized carbons (Fsp3) is 0.409. The van der Waals surface area contributed by atoms with E-state index < -0.39 is 23.7 Å². The molecular weight excluding hydrogens is 388 g/mol. The van der Waals surface area contributed by atoms with Crippen LogP contribution >= 0.6 is 0 Å². The Kier molecular flexibility index (Phi) is 8.61. The van der Waals surface area contributed by atoms with Crippen molar-refractivity contribution in [2.75, 3.05) is 20.3 Å². The van der Waals surface area contributed by atoms with Gasteiger partial charge in [-0.3, -0.25) is 4.98 Å². The molecule has 0 bridgehead atoms. The monoisotopic (exact) mass is 416 g/mol. The number of amides is 1. The van der Waals surface area contributed by atoms with Crippen LogP contribution in [0.4, 0.5) is 4.79 Å². The molecule has 2 aromatic rings. The maximum absolute atomic E-state index is 12.2. The number of aromatic nitrogens is 1. The highest BCUT2D eigenvalue weighted by atomic mass is 16.6. The average molecular weight is 416 g/mol. The zero-order valence-electron chi connectivity index (χ0n) is 17.7. The van der Waals surface area contributed by atoms with Crippen molar-refractivity contribution >= 4 is 12.1 Å². The first-order chi connectivity index (χ1) is 14.3. The Morgan fingerprint density at radius 1 is 1.10 bits per heavy atom. The minimum atomic E-state index is -0.626. The van der Waals surface area contributed by atoms with Crippen molar-refractivity contribution in [2.45, 2.75) is 39.0 Å². The summed E-state index contributed by atoms with van der Waals surface area (Å²) in [6.45, 7) is 6.06. The number of ether oxygens (including phenoxy) is 4. The van der Waals surface area contributed by atoms with E-state index in [1.165, 1.54) is 25.6 Å². The summed E-state index contributed by atoms with van der Waals surface area (Å²) >= 11 is 0. The lowest BCUT2D eigenvalue weighted by Crippen LogP contribution is -2.44. The predicted octanol–water partition coefficient (Wildman–Crippen LogP) is 3.36. The summed E-state index contributed by atoms with van der Waals surface area (Å²) in [5.74, 6) is -0.139. The summed E-state index contributed by atoms with van der Waals surface area (Å²) in [6, 6.07) is 10.7. The molecule has 30 heavy (non-hydrogen) atoms. The third kappa shape index (κ3) is 8.48. The van der Waals surface area contributed by atoms with Crippen LogP contribution in [0.25, 0.3) is 0 Å². The van der Waals surface area contributed by atoms with E-state index in [1.54, 1.807) is 20.8 Å². The Bertz CT molecular complexity index is 820. The Morgan fingerprint density at radius 2 is 1.83 bits per heavy atom. The van der Waals surface area contributed by atoms with E-state index >= 15 is 0 Å². The van der Waals surface area contributed by atoms with Gasteiger partial charge in [-0.2, -0.15) is 0 Å². The Labute approximate surface area is 176 Å². The lowest BCUT2D eigenvalue weighted by Gasteiger charge is -2.24. The number of pyridine rings is 1. The average Bonchev–Trinajstić information content (AvgIpc) is 2.71. The van der Waals surface area contributed by atoms with Gasteiger partial charge in [-0.25, -0.2) is 9.59 Å². The largest absolute Gasteiger partial charge is 0.490 e. The third-order valence-electron chi connectivity index (χ3n) is 3.74. The molecule has 1 aromatic carbocycles. The maximum atomic E-state index is 12.2. The zero-order chi connectivity index (χ0) is 22.0. The minimum Gasteiger partial charge on any atom is -0.490 e. The first-order valence-corrected chi connectivity index (χ1v) is 9.54. The van der Waals surface area contributed by atoms with Crippen LogP contribution in [0.2, 0.25) is 0 Å². The van der Waals surface area contributed by atoms with E-state index in [1.807, 2.05) is 30.3 Å². The molecule has 1 N–H and O–H groups in total. The number of carbonyl (C=O) groups is 2. The standard InChI is InChI=1S/C22H28N2O6/c1-22(2,3)30-21(26)24-18(14-28-13-16-8-6-5-7-9-16)15-29-19-10-17(11-23-12-19)20(25)27-4/h5-12,18H,13-15H2,1-4H3,(H,24,26)/t18-/m0/s1. The van der Waals surface area contributed by atoms with Gasteiger partial charge >= 0.3 is 12.1 Å². The van der Waals surface area contributed by atoms with Crippen LogP contribution in [0.1, 0.15) is 36.7 Å². The molecule has 0 saturated carbocycles. The smallest absolute Gasteiger partial charge is 0.408 e. The molecule has 0 saturated heterocycles. The normalized spacial score (nSPS) is 12.0. The molecule has 0 radical (unpaired) electrons. The number of alkyl carbamates (subject to hydrolysis) is 1. The molecule has 0 aliphatic rings. The van der Waals surface area contributed by atoms with Crippen molar-refractivity contribution in [1.82, 2.24) is 10.3 Å². The van der Waals surface area contributed by atoms with Crippen LogP contribution in [0.5, 0.6) is 5.75 Å². The molecule has 8 heteroatoms. The lowest BCUT2D eigenvalue weighted by atomic mass is 10.2. The number of nitrogens with zero attached hydrogens (tertiary/aromatic N) is 1. The summed E-state index contributed by atoms with van der Waals surface area (Å²) in [4.78, 5) is 27.8. The van der Waals surface area contributed by atoms with E-state index in [9.17, 15) is 9.59 Å². The molecule has 0 fully saturated rings. The van der Waals surface area contributed by atoms with Gasteiger partial charge in [-0.15, -0.1) is 0 Å². The highest BCUT2D eigenvalue weighted by Crippen LogP contribution is 2.13. The predicted molar refractivity (Wildman–Crippen MR) is 110 cm³/mol. The summed E-state index contributed by atoms with van der Waals surface area (Å²) in [7, 11) is 1.29. The number of nitrogens with one attached hydrogen (secondary N) is 1. The molecule has 0 unspecified atom stereocenters. The van der Waals surface area contributed by atoms with Gasteiger partial charge in [0.2, 0.25) is 0 Å². The first kappa shape index (κ1) is 23.2. The van der Waals surface area contributed by atoms with Crippen molar-refractivity contribution in [3.05, 3.63) is 59.9 Å². The highest BCUT2D eigenvalue weighted by molar-refractivity contribution is 5.89. The number of esters is 1. The molecule has 1 atom stereocenters. The summed E-state index contributed by atoms with van der Waals surface area (Å²) in [5.41, 5.74) is 0.662. The van der Waals surface area contributed by atoms with E-state index in [2.05, 4.69) is 15.0 Å². The fourth-order valence-electron chi connectivity index (χ4n) is 2.42. The van der Waals surface area contributed by atoms with E-state index in [4.69, 9.17) is 14.2 Å². The van der Waals surface area contributed by atoms with Crippen LogP contribution in [0.15, 0.2) is 48.8 Å². The second-order valence-corrected chi connectivity index (χ2v) is 7.56. The third-order valence-corrected chi connectivity index (χ3v) is 3.74. The molecule has 0 aliphatic heterocycles. The molecular formula is C22H28N2O6. The lowest BCUT2D eigenvalue weighted by molar-refractivity contribution is 0.0381. The van der Waals surface area contributed by atoms with Crippen molar-refractivity contribution in [2.24, 2.45) is 0 Å². The highest BCUT2D eigenvalue weighted by Gasteiger charge is 2.20. The van der Waals surface area contributed by atoms with Gasteiger partial charge in [0.1, 0.15) is 18.0 Å². The molecule has 8 nitrogen and oxygen atoms in total. The second-order valence-electron chi connectivity index (χ2n) is 7.56. The van der Waals surface area contributed by atoms with E-state index in [0.29, 0.717) is 12.4 Å². The minimum absolute atomic E-state index is 0.0976. The maximum Gasteiger partial charge on any atom is 0.408 e. The molecule has 1 heterocycles. The summed E-state index contributed by atoms with van der Waals surface area (Å²) < 4.78 is 21.5. The van der Waals surface area contributed by atoms with Gasteiger partial charge in [0.15, 0.2) is 0 Å². The first-order valence-electron chi connectivity index (χ1n) is 9.54. The fourth-order valence-corrected chi connectivity index (χ4v) is 2.42. The molecule has 0 aliphatic carbocycles. The number of rotatable bonds is 9. The number of carbonyl (C=O) groups excluding carboxylic acids is 2. The van der Waals surface area contributed by atoms with Crippen molar-refractivity contribution in [3.63, 3.8) is 0 Å². The molecule has 2 rings (SSSR count). The summed E-state index contributed by atoms with van der Waals surface area (Å²) in [5, 5.41) is 2.76. The van der Waals surface area contributed by atoms with E-state index in [-0.39, 0.29) is 18.8 Å². The molecule has 1 aromatic heterocycles. The van der Waals surface area contributed by atoms with Crippen LogP contribution in [-0.2, 0) is 20.8 Å². The van der Waals surface area contributed by atoms with Crippen LogP contribution in [0.3, 0.4) is 0 Å². The van der Waals surface area contributed by atoms with Crippen LogP contribution in [-0.4, -0.2) is 49.0 Å². The molecule has 1 amide bonds. The Morgan fingerprint density at radius 3 is 2.50 bits per heavy atom. The van der Waals surface area contributed by atoms with Gasteiger partial charge in [0.25, 0.3) is 0 Å². The Hall–Kier alpha value is -3.13. The van der Waals surface area contributed by atoms with Crippen LogP contribution in [0, 0.1) is 0 Å². The van der Waals surface area contributed by atoms with Gasteiger partial charge in [-0.1, -0.05) is 30.3 Å². The zero-order valence-corrected chi connectivity index (χ0v) is 17.7. The Balaban J connectivity index is 1.97. The number of methoxy groups -OCH3 is 1. The second kappa shape index (κ2) is 11.2. The number of hydrogen-bond acceptors (Lipinski definition) is 7. The quantitative estimate of drug-likeness (QED) is 0.626. The van der Waals surface area contributed by atoms with Gasteiger partial charge < -0.3 is 24.3 Å². The van der Waals surface area contributed by atoms with Gasteiger partial charge in [0, 0.05) is 6.20 Å². The topological polar surface area (TPSA) is 96.0 Å². The summed E-state index contributed by atoms with van der Waals surface area (Å²) in [6.07, 6.45) is 2.29. The SMILES string of the molecule is COC(=O)c1cncc(OC[C@H](COCc2ccccc2)NC(=O)OC(C)(C)C)c1. The number of hydrogen-bond donors (Lipinski definition) is 1. The van der Waals surface area contributed by atoms with Gasteiger partial charge in [-0.05, 0) is 32.4 Å². The molecule has 162 valence electrons. The van der Waals surface area contributed by atoms with Crippen LogP contribution < -0.4 is 10.1 Å². The van der Waals surface area contributed by atoms with E-state index in [0.717, 1.165) is 5.56 Å². The molecule has 0 spiro atoms. The van der Waals surface area contributed by atoms with Crippen molar-refractivity contribution < 1.29 is 28.5 Å². The van der Waals surface area contributed by atoms with Crippen molar-refractivity contribution in [3.8, 4) is 5.75 Å². The van der Waals surface area contributed by atoms with Gasteiger partial charge in [0.05, 0.1) is 38.1 Å². The number of benzene rings is 1. The van der Waals surface area contributed by atoms with Crippen molar-refractivity contribution in [1.29, 1.82) is 0 Å².